The Kier molecular flexibility index (Phi) is 2.84. The molecule has 0 aliphatic heterocycles. The van der Waals surface area contributed by atoms with E-state index in [9.17, 15) is 9.90 Å². The maximum absolute atomic E-state index is 12.5. The first-order valence-corrected chi connectivity index (χ1v) is 6.90. The van der Waals surface area contributed by atoms with Crippen LogP contribution in [0.4, 0.5) is 0 Å². The molecule has 0 atom stereocenters. The van der Waals surface area contributed by atoms with E-state index in [-0.39, 0.29) is 11.5 Å². The molecule has 1 aliphatic rings. The molecule has 0 spiro atoms. The van der Waals surface area contributed by atoms with Crippen LogP contribution in [0.2, 0.25) is 0 Å². The van der Waals surface area contributed by atoms with E-state index in [2.05, 4.69) is 6.07 Å². The van der Waals surface area contributed by atoms with Crippen LogP contribution in [0, 0.1) is 11.3 Å². The fraction of sp³-hybridized carbons (Fsp3) is 0.200. The van der Waals surface area contributed by atoms with E-state index in [0.29, 0.717) is 15.3 Å². The Morgan fingerprint density at radius 1 is 1.21 bits per heavy atom. The van der Waals surface area contributed by atoms with Crippen LogP contribution in [0.3, 0.4) is 0 Å². The first kappa shape index (κ1) is 11.9. The van der Waals surface area contributed by atoms with E-state index >= 15 is 0 Å². The molecule has 1 heterocycles. The molecule has 3 rings (SSSR count). The molecule has 0 fully saturated rings. The summed E-state index contributed by atoms with van der Waals surface area (Å²) < 4.78 is 0. The smallest absolute Gasteiger partial charge is 0.203 e. The van der Waals surface area contributed by atoms with Gasteiger partial charge in [0.1, 0.15) is 16.7 Å². The maximum atomic E-state index is 12.5. The molecule has 4 heteroatoms. The standard InChI is InChI=1S/C15H11NO2S/c16-8-13-11-2-1-3-12(11)15(19-13)14(18)9-4-6-10(17)7-5-9/h4-7,17H,1-3H2. The molecule has 0 bridgehead atoms. The molecular formula is C15H11NO2S. The third-order valence-electron chi connectivity index (χ3n) is 3.41. The first-order valence-electron chi connectivity index (χ1n) is 6.09. The van der Waals surface area contributed by atoms with Crippen molar-refractivity contribution in [3.05, 3.63) is 50.7 Å². The molecule has 2 aromatic rings. The molecular weight excluding hydrogens is 258 g/mol. The van der Waals surface area contributed by atoms with Crippen LogP contribution >= 0.6 is 11.3 Å². The summed E-state index contributed by atoms with van der Waals surface area (Å²) in [6, 6.07) is 8.43. The Bertz CT molecular complexity index is 692. The van der Waals surface area contributed by atoms with Crippen molar-refractivity contribution in [3.8, 4) is 11.8 Å². The summed E-state index contributed by atoms with van der Waals surface area (Å²) in [4.78, 5) is 13.8. The SMILES string of the molecule is N#Cc1sc(C(=O)c2ccc(O)cc2)c2c1CCC2. The van der Waals surface area contributed by atoms with Gasteiger partial charge in [0.2, 0.25) is 5.78 Å². The molecule has 94 valence electrons. The summed E-state index contributed by atoms with van der Waals surface area (Å²) in [5.41, 5.74) is 2.67. The van der Waals surface area contributed by atoms with Crippen molar-refractivity contribution in [1.29, 1.82) is 5.26 Å². The van der Waals surface area contributed by atoms with Gasteiger partial charge in [0.15, 0.2) is 0 Å². The second kappa shape index (κ2) is 4.52. The second-order valence-electron chi connectivity index (χ2n) is 4.56. The molecule has 3 nitrogen and oxygen atoms in total. The van der Waals surface area contributed by atoms with Gasteiger partial charge < -0.3 is 5.11 Å². The van der Waals surface area contributed by atoms with E-state index in [4.69, 9.17) is 5.26 Å². The highest BCUT2D eigenvalue weighted by Crippen LogP contribution is 2.36. The van der Waals surface area contributed by atoms with Crippen LogP contribution in [0.5, 0.6) is 5.75 Å². The summed E-state index contributed by atoms with van der Waals surface area (Å²) in [6.07, 6.45) is 2.80. The van der Waals surface area contributed by atoms with Gasteiger partial charge in [-0.2, -0.15) is 5.26 Å². The maximum Gasteiger partial charge on any atom is 0.203 e. The van der Waals surface area contributed by atoms with Crippen LogP contribution in [0.1, 0.15) is 37.7 Å². The topological polar surface area (TPSA) is 61.1 Å². The molecule has 0 radical (unpaired) electrons. The number of hydrogen-bond acceptors (Lipinski definition) is 4. The predicted octanol–water partition coefficient (Wildman–Crippen LogP) is 3.05. The number of hydrogen-bond donors (Lipinski definition) is 1. The summed E-state index contributed by atoms with van der Waals surface area (Å²) in [5, 5.41) is 18.4. The van der Waals surface area contributed by atoms with Gasteiger partial charge in [0.05, 0.1) is 4.88 Å². The van der Waals surface area contributed by atoms with E-state index < -0.39 is 0 Å². The van der Waals surface area contributed by atoms with E-state index in [1.54, 1.807) is 12.1 Å². The van der Waals surface area contributed by atoms with E-state index in [1.165, 1.54) is 23.5 Å². The number of fused-ring (bicyclic) bond motifs is 1. The zero-order valence-corrected chi connectivity index (χ0v) is 11.0. The third-order valence-corrected chi connectivity index (χ3v) is 4.59. The van der Waals surface area contributed by atoms with Crippen molar-refractivity contribution in [2.24, 2.45) is 0 Å². The number of carbonyl (C=O) groups excluding carboxylic acids is 1. The highest BCUT2D eigenvalue weighted by atomic mass is 32.1. The molecule has 0 amide bonds. The Labute approximate surface area is 114 Å². The van der Waals surface area contributed by atoms with Gasteiger partial charge in [0.25, 0.3) is 0 Å². The van der Waals surface area contributed by atoms with Crippen LogP contribution in [0.25, 0.3) is 0 Å². The lowest BCUT2D eigenvalue weighted by Crippen LogP contribution is -2.01. The number of carbonyl (C=O) groups is 1. The van der Waals surface area contributed by atoms with Crippen LogP contribution in [0.15, 0.2) is 24.3 Å². The number of nitrogens with zero attached hydrogens (tertiary/aromatic N) is 1. The lowest BCUT2D eigenvalue weighted by molar-refractivity contribution is 0.104. The molecule has 1 aromatic heterocycles. The normalized spacial score (nSPS) is 13.0. The van der Waals surface area contributed by atoms with Crippen molar-refractivity contribution in [2.75, 3.05) is 0 Å². The minimum atomic E-state index is -0.0512. The highest BCUT2D eigenvalue weighted by Gasteiger charge is 2.26. The minimum Gasteiger partial charge on any atom is -0.508 e. The zero-order valence-electron chi connectivity index (χ0n) is 10.1. The van der Waals surface area contributed by atoms with Crippen molar-refractivity contribution in [3.63, 3.8) is 0 Å². The van der Waals surface area contributed by atoms with Crippen LogP contribution in [-0.2, 0) is 12.8 Å². The highest BCUT2D eigenvalue weighted by molar-refractivity contribution is 7.15. The van der Waals surface area contributed by atoms with Gasteiger partial charge in [-0.3, -0.25) is 4.79 Å². The quantitative estimate of drug-likeness (QED) is 0.852. The number of phenols is 1. The van der Waals surface area contributed by atoms with Gasteiger partial charge in [-0.25, -0.2) is 0 Å². The Balaban J connectivity index is 2.06. The van der Waals surface area contributed by atoms with Crippen molar-refractivity contribution < 1.29 is 9.90 Å². The average molecular weight is 269 g/mol. The minimum absolute atomic E-state index is 0.0512. The number of rotatable bonds is 2. The Morgan fingerprint density at radius 3 is 2.58 bits per heavy atom. The van der Waals surface area contributed by atoms with Crippen molar-refractivity contribution >= 4 is 17.1 Å². The number of thiophene rings is 1. The fourth-order valence-corrected chi connectivity index (χ4v) is 3.64. The summed E-state index contributed by atoms with van der Waals surface area (Å²) in [5.74, 6) is 0.0929. The molecule has 0 saturated carbocycles. The van der Waals surface area contributed by atoms with Crippen molar-refractivity contribution in [2.45, 2.75) is 19.3 Å². The molecule has 19 heavy (non-hydrogen) atoms. The zero-order chi connectivity index (χ0) is 13.4. The fourth-order valence-electron chi connectivity index (χ4n) is 2.49. The Hall–Kier alpha value is -2.12. The second-order valence-corrected chi connectivity index (χ2v) is 5.58. The number of phenolic OH excluding ortho intramolecular Hbond substituents is 1. The van der Waals surface area contributed by atoms with Crippen LogP contribution in [-0.4, -0.2) is 10.9 Å². The first-order chi connectivity index (χ1) is 9.20. The molecule has 1 aromatic carbocycles. The number of ketones is 1. The third kappa shape index (κ3) is 1.92. The number of aromatic hydroxyl groups is 1. The van der Waals surface area contributed by atoms with Gasteiger partial charge in [-0.05, 0) is 54.7 Å². The van der Waals surface area contributed by atoms with Crippen molar-refractivity contribution in [1.82, 2.24) is 0 Å². The van der Waals surface area contributed by atoms with Crippen LogP contribution < -0.4 is 0 Å². The monoisotopic (exact) mass is 269 g/mol. The van der Waals surface area contributed by atoms with Gasteiger partial charge in [-0.1, -0.05) is 0 Å². The average Bonchev–Trinajstić information content (AvgIpc) is 3.00. The van der Waals surface area contributed by atoms with E-state index in [0.717, 1.165) is 30.4 Å². The lowest BCUT2D eigenvalue weighted by atomic mass is 10.0. The van der Waals surface area contributed by atoms with Gasteiger partial charge >= 0.3 is 0 Å². The summed E-state index contributed by atoms with van der Waals surface area (Å²) >= 11 is 1.30. The predicted molar refractivity (Wildman–Crippen MR) is 72.6 cm³/mol. The summed E-state index contributed by atoms with van der Waals surface area (Å²) in [7, 11) is 0. The number of nitriles is 1. The number of benzene rings is 1. The molecule has 1 N–H and O–H groups in total. The summed E-state index contributed by atoms with van der Waals surface area (Å²) in [6.45, 7) is 0. The molecule has 0 saturated heterocycles. The van der Waals surface area contributed by atoms with Gasteiger partial charge in [-0.15, -0.1) is 11.3 Å². The molecule has 1 aliphatic carbocycles. The van der Waals surface area contributed by atoms with Gasteiger partial charge in [0, 0.05) is 5.56 Å². The van der Waals surface area contributed by atoms with E-state index in [1.807, 2.05) is 0 Å². The largest absolute Gasteiger partial charge is 0.508 e. The lowest BCUT2D eigenvalue weighted by Gasteiger charge is -2.01. The molecule has 0 unspecified atom stereocenters. The Morgan fingerprint density at radius 2 is 1.89 bits per heavy atom.